The van der Waals surface area contributed by atoms with Crippen molar-refractivity contribution in [1.82, 2.24) is 10.6 Å². The van der Waals surface area contributed by atoms with Crippen LogP contribution in [0.2, 0.25) is 10.0 Å². The lowest BCUT2D eigenvalue weighted by atomic mass is 9.87. The van der Waals surface area contributed by atoms with Gasteiger partial charge in [0, 0.05) is 70.3 Å². The van der Waals surface area contributed by atoms with Gasteiger partial charge in [-0.25, -0.2) is 0 Å². The molecule has 10 nitrogen and oxygen atoms in total. The van der Waals surface area contributed by atoms with E-state index in [9.17, 15) is 24.6 Å². The quantitative estimate of drug-likeness (QED) is 0.265. The summed E-state index contributed by atoms with van der Waals surface area (Å²) in [7, 11) is 0. The average Bonchev–Trinajstić information content (AvgIpc) is 3.39. The molecule has 2 aromatic rings. The molecule has 4 N–H and O–H groups in total. The van der Waals surface area contributed by atoms with Gasteiger partial charge in [0.1, 0.15) is 5.78 Å². The molecule has 5 heterocycles. The maximum atomic E-state index is 12.8. The van der Waals surface area contributed by atoms with Crippen LogP contribution in [0.15, 0.2) is 43.2 Å². The number of ether oxygens (including phenoxy) is 1. The number of aliphatic hydroxyl groups is 2. The minimum Gasteiger partial charge on any atom is -0.391 e. The van der Waals surface area contributed by atoms with Crippen LogP contribution in [-0.2, 0) is 9.53 Å². The van der Waals surface area contributed by atoms with Gasteiger partial charge < -0.3 is 25.6 Å². The number of carbonyl (C=O) groups is 3. The molecule has 0 amide bonds. The molecule has 5 aliphatic rings. The highest BCUT2D eigenvalue weighted by molar-refractivity contribution is 9.10. The van der Waals surface area contributed by atoms with Gasteiger partial charge in [0.05, 0.1) is 45.5 Å². The normalized spacial score (nSPS) is 30.6. The van der Waals surface area contributed by atoms with Gasteiger partial charge in [-0.05, 0) is 94.9 Å². The fourth-order valence-electron chi connectivity index (χ4n) is 6.98. The summed E-state index contributed by atoms with van der Waals surface area (Å²) in [5.74, 6) is -2.58. The monoisotopic (exact) mass is 824 g/mol. The van der Waals surface area contributed by atoms with Crippen LogP contribution in [0.4, 0.5) is 11.4 Å². The largest absolute Gasteiger partial charge is 0.391 e. The second-order valence-electron chi connectivity index (χ2n) is 13.0. The van der Waals surface area contributed by atoms with Crippen molar-refractivity contribution in [2.24, 2.45) is 21.8 Å². The lowest BCUT2D eigenvalue weighted by Gasteiger charge is -2.28. The molecule has 0 bridgehead atoms. The number of Topliss-reactive ketones (excluding diaryl/α,β-unsaturated/α-hetero) is 3. The van der Waals surface area contributed by atoms with E-state index in [4.69, 9.17) is 27.9 Å². The zero-order valence-corrected chi connectivity index (χ0v) is 30.6. The second-order valence-corrected chi connectivity index (χ2v) is 15.5. The third kappa shape index (κ3) is 8.03. The topological polar surface area (TPSA) is 150 Å². The van der Waals surface area contributed by atoms with Crippen molar-refractivity contribution in [3.63, 3.8) is 0 Å². The Hall–Kier alpha value is -1.87. The Morgan fingerprint density at radius 1 is 0.896 bits per heavy atom. The number of nitrogens with zero attached hydrogens (tertiary/aromatic N) is 2. The summed E-state index contributed by atoms with van der Waals surface area (Å²) in [6.45, 7) is 1.76. The Bertz CT molecular complexity index is 1660. The molecule has 3 saturated heterocycles. The van der Waals surface area contributed by atoms with Gasteiger partial charge in [0.25, 0.3) is 0 Å². The Balaban J connectivity index is 0.000000167. The molecular weight excluding hydrogens is 791 g/mol. The number of aliphatic imine (C=N–C) groups is 2. The number of benzene rings is 2. The standard InChI is InChI=1S/2C17H18BrClN2O3/c18-11-4-10-13(5-12(11)19)21-8-9(16(10)22)6-17(23)7-14-15(24-17)2-1-3-20-14;18-12-7-14-11(6-13(12)19)17(24)9(8-21-14)4-10(22)5-15-16(23)2-1-3-20-15/h4-5,8-9,14-15,20,23H,1-3,6-7H2;6-9,15-16,20,23H,1-5H2/t9?,14-,15-,17?;9?,15?,16-/m11/s1. The minimum atomic E-state index is -1.28. The zero-order chi connectivity index (χ0) is 34.2. The van der Waals surface area contributed by atoms with E-state index >= 15 is 0 Å². The minimum absolute atomic E-state index is 0.0274. The SMILES string of the molecule is O=C(CC1C=Nc2cc(Br)c(Cl)cc2C1=O)CC1NCCC[C@H]1O.O=C1c2cc(Br)c(Cl)cc2N=CC1CC1(O)C[C@H]2NCCC[C@H]2O1. The maximum Gasteiger partial charge on any atom is 0.173 e. The van der Waals surface area contributed by atoms with Gasteiger partial charge >= 0.3 is 0 Å². The van der Waals surface area contributed by atoms with E-state index in [1.54, 1.807) is 30.5 Å². The molecule has 48 heavy (non-hydrogen) atoms. The second kappa shape index (κ2) is 15.2. The molecule has 0 aromatic heterocycles. The number of halogens is 4. The molecule has 0 spiro atoms. The van der Waals surface area contributed by atoms with Gasteiger partial charge in [0.15, 0.2) is 17.4 Å². The Morgan fingerprint density at radius 3 is 2.27 bits per heavy atom. The number of fused-ring (bicyclic) bond motifs is 3. The van der Waals surface area contributed by atoms with Crippen molar-refractivity contribution >= 4 is 96.2 Å². The Labute approximate surface area is 305 Å². The van der Waals surface area contributed by atoms with Crippen molar-refractivity contribution in [3.8, 4) is 0 Å². The van der Waals surface area contributed by atoms with Gasteiger partial charge in [-0.1, -0.05) is 23.2 Å². The van der Waals surface area contributed by atoms with Crippen LogP contribution < -0.4 is 10.6 Å². The van der Waals surface area contributed by atoms with E-state index in [1.807, 2.05) is 0 Å². The molecule has 7 atom stereocenters. The third-order valence-corrected chi connectivity index (χ3v) is 11.9. The summed E-state index contributed by atoms with van der Waals surface area (Å²) in [5.41, 5.74) is 2.10. The van der Waals surface area contributed by atoms with Gasteiger partial charge in [0.2, 0.25) is 0 Å². The number of ketones is 3. The number of rotatable bonds is 6. The van der Waals surface area contributed by atoms with Crippen molar-refractivity contribution in [2.45, 2.75) is 81.4 Å². The highest BCUT2D eigenvalue weighted by Crippen LogP contribution is 2.41. The summed E-state index contributed by atoms with van der Waals surface area (Å²) in [5, 5.41) is 28.3. The van der Waals surface area contributed by atoms with E-state index in [0.717, 1.165) is 32.4 Å². The third-order valence-electron chi connectivity index (χ3n) is 9.48. The molecule has 4 unspecified atom stereocenters. The van der Waals surface area contributed by atoms with Crippen LogP contribution >= 0.6 is 55.1 Å². The molecule has 0 radical (unpaired) electrons. The molecule has 0 saturated carbocycles. The van der Waals surface area contributed by atoms with Gasteiger partial charge in [-0.15, -0.1) is 0 Å². The Morgan fingerprint density at radius 2 is 1.52 bits per heavy atom. The van der Waals surface area contributed by atoms with E-state index in [2.05, 4.69) is 52.5 Å². The lowest BCUT2D eigenvalue weighted by molar-refractivity contribution is -0.199. The number of hydrogen-bond donors (Lipinski definition) is 4. The van der Waals surface area contributed by atoms with Crippen LogP contribution in [0.1, 0.15) is 72.1 Å². The van der Waals surface area contributed by atoms with Crippen LogP contribution in [0.25, 0.3) is 0 Å². The number of hydrogen-bond acceptors (Lipinski definition) is 10. The highest BCUT2D eigenvalue weighted by Gasteiger charge is 2.48. The highest BCUT2D eigenvalue weighted by atomic mass is 79.9. The van der Waals surface area contributed by atoms with Crippen molar-refractivity contribution < 1.29 is 29.3 Å². The van der Waals surface area contributed by atoms with Crippen LogP contribution in [0.5, 0.6) is 0 Å². The molecule has 256 valence electrons. The molecular formula is C34H36Br2Cl2N4O6. The Kier molecular flexibility index (Phi) is 11.4. The van der Waals surface area contributed by atoms with Gasteiger partial charge in [-0.2, -0.15) is 0 Å². The predicted octanol–water partition coefficient (Wildman–Crippen LogP) is 6.32. The summed E-state index contributed by atoms with van der Waals surface area (Å²) >= 11 is 18.8. The van der Waals surface area contributed by atoms with Crippen molar-refractivity contribution in [3.05, 3.63) is 54.4 Å². The smallest absolute Gasteiger partial charge is 0.173 e. The summed E-state index contributed by atoms with van der Waals surface area (Å²) in [4.78, 5) is 46.3. The van der Waals surface area contributed by atoms with Crippen molar-refractivity contribution in [1.29, 1.82) is 0 Å². The van der Waals surface area contributed by atoms with Crippen LogP contribution in [0, 0.1) is 11.8 Å². The fourth-order valence-corrected chi connectivity index (χ4v) is 7.98. The molecule has 2 aromatic carbocycles. The number of carbonyl (C=O) groups excluding carboxylic acids is 3. The first-order chi connectivity index (χ1) is 22.9. The fraction of sp³-hybridized carbons (Fsp3) is 0.500. The van der Waals surface area contributed by atoms with E-state index in [0.29, 0.717) is 54.3 Å². The number of piperidine rings is 2. The predicted molar refractivity (Wildman–Crippen MR) is 192 cm³/mol. The first-order valence-electron chi connectivity index (χ1n) is 16.1. The number of aliphatic hydroxyl groups excluding tert-OH is 1. The summed E-state index contributed by atoms with van der Waals surface area (Å²) < 4.78 is 7.23. The molecule has 7 rings (SSSR count). The maximum absolute atomic E-state index is 12.8. The molecule has 14 heteroatoms. The summed E-state index contributed by atoms with van der Waals surface area (Å²) in [6.07, 6.45) is 7.32. The first-order valence-corrected chi connectivity index (χ1v) is 18.5. The summed E-state index contributed by atoms with van der Waals surface area (Å²) in [6, 6.07) is 6.60. The zero-order valence-electron chi connectivity index (χ0n) is 25.9. The lowest BCUT2D eigenvalue weighted by Crippen LogP contribution is -2.46. The van der Waals surface area contributed by atoms with Crippen LogP contribution in [-0.4, -0.2) is 83.2 Å². The number of nitrogens with one attached hydrogen (secondary N) is 2. The molecule has 0 aliphatic carbocycles. The first kappa shape index (κ1) is 35.9. The van der Waals surface area contributed by atoms with E-state index in [-0.39, 0.29) is 54.8 Å². The average molecular weight is 827 g/mol. The molecule has 3 fully saturated rings. The van der Waals surface area contributed by atoms with Gasteiger partial charge in [-0.3, -0.25) is 24.4 Å². The van der Waals surface area contributed by atoms with E-state index < -0.39 is 23.7 Å². The van der Waals surface area contributed by atoms with Crippen LogP contribution in [0.3, 0.4) is 0 Å². The molecule has 5 aliphatic heterocycles. The van der Waals surface area contributed by atoms with Crippen molar-refractivity contribution in [2.75, 3.05) is 13.1 Å². The van der Waals surface area contributed by atoms with E-state index in [1.165, 1.54) is 6.21 Å².